The molecule has 1 nitrogen and oxygen atoms in total. The zero-order chi connectivity index (χ0) is 10.1. The van der Waals surface area contributed by atoms with E-state index in [-0.39, 0.29) is 0 Å². The van der Waals surface area contributed by atoms with Crippen LogP contribution in [0.5, 0.6) is 0 Å². The molecule has 0 aromatic heterocycles. The van der Waals surface area contributed by atoms with Crippen LogP contribution in [0.3, 0.4) is 0 Å². The van der Waals surface area contributed by atoms with Crippen molar-refractivity contribution in [3.05, 3.63) is 0 Å². The standard InChI is InChI=1S/C12H23N/c1-5-7-8-9-10-12(11(3)4)13-6-2/h11-13H,6,8-10H2,1-4H3. The van der Waals surface area contributed by atoms with E-state index in [1.165, 1.54) is 12.8 Å². The lowest BCUT2D eigenvalue weighted by atomic mass is 9.98. The quantitative estimate of drug-likeness (QED) is 0.491. The summed E-state index contributed by atoms with van der Waals surface area (Å²) in [6, 6.07) is 0.670. The van der Waals surface area contributed by atoms with Crippen LogP contribution >= 0.6 is 0 Å². The molecule has 0 radical (unpaired) electrons. The molecule has 0 aliphatic rings. The maximum Gasteiger partial charge on any atom is 0.00902 e. The summed E-state index contributed by atoms with van der Waals surface area (Å²) in [5, 5.41) is 3.51. The molecule has 1 atom stereocenters. The van der Waals surface area contributed by atoms with Gasteiger partial charge < -0.3 is 5.32 Å². The summed E-state index contributed by atoms with van der Waals surface area (Å²) < 4.78 is 0. The molecule has 0 saturated carbocycles. The molecule has 0 aliphatic carbocycles. The second-order valence-corrected chi connectivity index (χ2v) is 3.73. The lowest BCUT2D eigenvalue weighted by Crippen LogP contribution is -2.33. The van der Waals surface area contributed by atoms with Gasteiger partial charge in [-0.15, -0.1) is 11.8 Å². The number of unbranched alkanes of at least 4 members (excludes halogenated alkanes) is 1. The predicted octanol–water partition coefficient (Wildman–Crippen LogP) is 2.81. The molecular formula is C12H23N. The molecule has 0 heterocycles. The largest absolute Gasteiger partial charge is 0.314 e. The zero-order valence-corrected chi connectivity index (χ0v) is 9.48. The summed E-state index contributed by atoms with van der Waals surface area (Å²) in [7, 11) is 0. The van der Waals surface area contributed by atoms with Gasteiger partial charge in [-0.1, -0.05) is 20.8 Å². The van der Waals surface area contributed by atoms with Crippen LogP contribution in [0.1, 0.15) is 47.0 Å². The van der Waals surface area contributed by atoms with Gasteiger partial charge >= 0.3 is 0 Å². The lowest BCUT2D eigenvalue weighted by Gasteiger charge is -2.21. The molecule has 0 spiro atoms. The van der Waals surface area contributed by atoms with Gasteiger partial charge in [-0.25, -0.2) is 0 Å². The fourth-order valence-corrected chi connectivity index (χ4v) is 1.47. The Hall–Kier alpha value is -0.480. The van der Waals surface area contributed by atoms with Crippen molar-refractivity contribution < 1.29 is 0 Å². The average Bonchev–Trinajstić information content (AvgIpc) is 2.10. The fraction of sp³-hybridized carbons (Fsp3) is 0.833. The molecule has 0 bridgehead atoms. The Bertz CT molecular complexity index is 162. The molecule has 0 fully saturated rings. The lowest BCUT2D eigenvalue weighted by molar-refractivity contribution is 0.378. The van der Waals surface area contributed by atoms with Crippen molar-refractivity contribution in [2.75, 3.05) is 6.54 Å². The molecule has 13 heavy (non-hydrogen) atoms. The van der Waals surface area contributed by atoms with Gasteiger partial charge in [-0.2, -0.15) is 0 Å². The number of nitrogens with one attached hydrogen (secondary N) is 1. The first-order chi connectivity index (χ1) is 6.22. The minimum Gasteiger partial charge on any atom is -0.314 e. The highest BCUT2D eigenvalue weighted by atomic mass is 14.9. The van der Waals surface area contributed by atoms with E-state index >= 15 is 0 Å². The third kappa shape index (κ3) is 6.66. The minimum atomic E-state index is 0.670. The molecule has 76 valence electrons. The zero-order valence-electron chi connectivity index (χ0n) is 9.48. The first-order valence-corrected chi connectivity index (χ1v) is 5.35. The third-order valence-electron chi connectivity index (χ3n) is 2.26. The van der Waals surface area contributed by atoms with E-state index in [0.29, 0.717) is 6.04 Å². The van der Waals surface area contributed by atoms with Crippen LogP contribution < -0.4 is 5.32 Å². The topological polar surface area (TPSA) is 12.0 Å². The fourth-order valence-electron chi connectivity index (χ4n) is 1.47. The molecule has 0 aromatic carbocycles. The molecular weight excluding hydrogens is 158 g/mol. The van der Waals surface area contributed by atoms with Crippen LogP contribution in [-0.2, 0) is 0 Å². The summed E-state index contributed by atoms with van der Waals surface area (Å²) >= 11 is 0. The van der Waals surface area contributed by atoms with Gasteiger partial charge in [0.05, 0.1) is 0 Å². The number of rotatable bonds is 6. The minimum absolute atomic E-state index is 0.670. The van der Waals surface area contributed by atoms with Gasteiger partial charge in [-0.3, -0.25) is 0 Å². The molecule has 1 unspecified atom stereocenters. The van der Waals surface area contributed by atoms with E-state index in [2.05, 4.69) is 37.9 Å². The van der Waals surface area contributed by atoms with Crippen molar-refractivity contribution in [3.8, 4) is 11.8 Å². The summed E-state index contributed by atoms with van der Waals surface area (Å²) in [4.78, 5) is 0. The first kappa shape index (κ1) is 12.5. The number of hydrogen-bond acceptors (Lipinski definition) is 1. The first-order valence-electron chi connectivity index (χ1n) is 5.35. The van der Waals surface area contributed by atoms with Crippen molar-refractivity contribution in [3.63, 3.8) is 0 Å². The number of hydrogen-bond donors (Lipinski definition) is 1. The van der Waals surface area contributed by atoms with Crippen LogP contribution in [0.25, 0.3) is 0 Å². The van der Waals surface area contributed by atoms with Gasteiger partial charge in [-0.05, 0) is 32.2 Å². The Labute approximate surface area is 83.3 Å². The highest BCUT2D eigenvalue weighted by molar-refractivity contribution is 4.94. The van der Waals surface area contributed by atoms with E-state index < -0.39 is 0 Å². The Morgan fingerprint density at radius 2 is 2.00 bits per heavy atom. The normalized spacial score (nSPS) is 12.4. The molecule has 0 saturated heterocycles. The van der Waals surface area contributed by atoms with Gasteiger partial charge in [0.2, 0.25) is 0 Å². The van der Waals surface area contributed by atoms with Crippen LogP contribution in [0.2, 0.25) is 0 Å². The summed E-state index contributed by atoms with van der Waals surface area (Å²) in [6.45, 7) is 9.70. The van der Waals surface area contributed by atoms with Gasteiger partial charge in [0.15, 0.2) is 0 Å². The summed E-state index contributed by atoms with van der Waals surface area (Å²) in [6.07, 6.45) is 3.52. The van der Waals surface area contributed by atoms with E-state index in [1.54, 1.807) is 0 Å². The van der Waals surface area contributed by atoms with Gasteiger partial charge in [0, 0.05) is 12.5 Å². The highest BCUT2D eigenvalue weighted by Crippen LogP contribution is 2.09. The molecule has 0 rings (SSSR count). The molecule has 1 heteroatoms. The molecule has 0 aromatic rings. The van der Waals surface area contributed by atoms with Crippen molar-refractivity contribution >= 4 is 0 Å². The monoisotopic (exact) mass is 181 g/mol. The summed E-state index contributed by atoms with van der Waals surface area (Å²) in [5.41, 5.74) is 0. The third-order valence-corrected chi connectivity index (χ3v) is 2.26. The van der Waals surface area contributed by atoms with E-state index in [1.807, 2.05) is 6.92 Å². The molecule has 0 amide bonds. The molecule has 1 N–H and O–H groups in total. The van der Waals surface area contributed by atoms with Crippen molar-refractivity contribution in [2.24, 2.45) is 5.92 Å². The maximum atomic E-state index is 3.51. The average molecular weight is 181 g/mol. The maximum absolute atomic E-state index is 3.51. The Morgan fingerprint density at radius 1 is 1.31 bits per heavy atom. The smallest absolute Gasteiger partial charge is 0.00902 e. The van der Waals surface area contributed by atoms with E-state index in [9.17, 15) is 0 Å². The highest BCUT2D eigenvalue weighted by Gasteiger charge is 2.10. The van der Waals surface area contributed by atoms with Gasteiger partial charge in [0.25, 0.3) is 0 Å². The predicted molar refractivity (Wildman–Crippen MR) is 59.6 cm³/mol. The van der Waals surface area contributed by atoms with Crippen LogP contribution in [-0.4, -0.2) is 12.6 Å². The van der Waals surface area contributed by atoms with Crippen molar-refractivity contribution in [1.29, 1.82) is 0 Å². The Balaban J connectivity index is 3.60. The van der Waals surface area contributed by atoms with Crippen LogP contribution in [0.4, 0.5) is 0 Å². The summed E-state index contributed by atoms with van der Waals surface area (Å²) in [5.74, 6) is 6.77. The van der Waals surface area contributed by atoms with Crippen molar-refractivity contribution in [1.82, 2.24) is 5.32 Å². The van der Waals surface area contributed by atoms with Gasteiger partial charge in [0.1, 0.15) is 0 Å². The molecule has 0 aliphatic heterocycles. The van der Waals surface area contributed by atoms with Crippen LogP contribution in [0, 0.1) is 17.8 Å². The van der Waals surface area contributed by atoms with Crippen LogP contribution in [0.15, 0.2) is 0 Å². The second kappa shape index (κ2) is 8.13. The SMILES string of the molecule is CC#CCCCC(NCC)C(C)C. The Kier molecular flexibility index (Phi) is 7.83. The second-order valence-electron chi connectivity index (χ2n) is 3.73. The van der Waals surface area contributed by atoms with Crippen molar-refractivity contribution in [2.45, 2.75) is 53.0 Å². The van der Waals surface area contributed by atoms with E-state index in [0.717, 1.165) is 18.9 Å². The Morgan fingerprint density at radius 3 is 2.46 bits per heavy atom. The van der Waals surface area contributed by atoms with E-state index in [4.69, 9.17) is 0 Å².